The first-order chi connectivity index (χ1) is 17.2. The third kappa shape index (κ3) is 15.2. The zero-order valence-corrected chi connectivity index (χ0v) is 25.1. The van der Waals surface area contributed by atoms with Gasteiger partial charge in [-0.15, -0.1) is 17.4 Å². The molecule has 4 rings (SSSR count). The van der Waals surface area contributed by atoms with E-state index in [1.54, 1.807) is 12.1 Å². The van der Waals surface area contributed by atoms with Gasteiger partial charge >= 0.3 is 0 Å². The van der Waals surface area contributed by atoms with E-state index in [0.717, 1.165) is 25.9 Å². The fraction of sp³-hybridized carbons (Fsp3) is 0.103. The van der Waals surface area contributed by atoms with Crippen molar-refractivity contribution in [1.29, 1.82) is 5.26 Å². The summed E-state index contributed by atoms with van der Waals surface area (Å²) in [7, 11) is 0. The van der Waals surface area contributed by atoms with Gasteiger partial charge in [0.1, 0.15) is 5.84 Å². The Kier molecular flexibility index (Phi) is 15.9. The standard InChI is InChI=1S/C13H11BrN2.C7H4BrN.C6H7N.3CH3.Al/c14-11-6-4-5-10(9-11)13(15)16-12-7-2-1-3-8-12;8-7-3-1-2-6(4-7)5-9;7-6-4-2-1-3-5-6;;;;/h1-9H,(H2,15,16);1-4H;1-5H,7H2;3*1H3;. The molecule has 0 radical (unpaired) electrons. The van der Waals surface area contributed by atoms with Crippen molar-refractivity contribution in [1.82, 2.24) is 0 Å². The molecule has 0 heterocycles. The molecule has 0 fully saturated rings. The summed E-state index contributed by atoms with van der Waals surface area (Å²) < 4.78 is 1.94. The van der Waals surface area contributed by atoms with Gasteiger partial charge in [0.25, 0.3) is 14.1 Å². The number of aliphatic imine (C=N–C) groups is 1. The van der Waals surface area contributed by atoms with E-state index >= 15 is 0 Å². The quantitative estimate of drug-likeness (QED) is 0.102. The first-order valence-corrected chi connectivity index (χ1v) is 16.4. The van der Waals surface area contributed by atoms with Crippen molar-refractivity contribution in [3.63, 3.8) is 0 Å². The number of nitrogens with two attached hydrogens (primary N) is 2. The Morgan fingerprint density at radius 2 is 1.25 bits per heavy atom. The summed E-state index contributed by atoms with van der Waals surface area (Å²) in [5.41, 5.74) is 14.6. The van der Waals surface area contributed by atoms with Crippen molar-refractivity contribution in [2.45, 2.75) is 17.4 Å². The van der Waals surface area contributed by atoms with Crippen LogP contribution in [-0.4, -0.2) is 20.0 Å². The molecule has 0 spiro atoms. The minimum Gasteiger partial charge on any atom is -0.399 e. The molecule has 0 aliphatic rings. The smallest absolute Gasteiger partial charge is 0.251 e. The van der Waals surface area contributed by atoms with Crippen molar-refractivity contribution < 1.29 is 0 Å². The van der Waals surface area contributed by atoms with E-state index in [2.05, 4.69) is 54.2 Å². The molecule has 4 aromatic rings. The second-order valence-corrected chi connectivity index (χ2v) is 13.4. The normalized spacial score (nSPS) is 9.61. The minimum atomic E-state index is -0.139. The summed E-state index contributed by atoms with van der Waals surface area (Å²) in [6.07, 6.45) is 0. The molecule has 4 aromatic carbocycles. The largest absolute Gasteiger partial charge is 0.399 e. The van der Waals surface area contributed by atoms with Gasteiger partial charge in [-0.3, -0.25) is 0 Å². The highest BCUT2D eigenvalue weighted by Gasteiger charge is 1.98. The molecule has 0 atom stereocenters. The number of nitrogen functional groups attached to an aromatic ring is 1. The summed E-state index contributed by atoms with van der Waals surface area (Å²) in [6.45, 7) is 0. The minimum absolute atomic E-state index is 0.139. The molecule has 0 saturated heterocycles. The van der Waals surface area contributed by atoms with Gasteiger partial charge in [-0.2, -0.15) is 5.26 Å². The number of hydrogen-bond donors (Lipinski definition) is 2. The van der Waals surface area contributed by atoms with Crippen LogP contribution >= 0.6 is 31.9 Å². The van der Waals surface area contributed by atoms with E-state index in [0.29, 0.717) is 11.4 Å². The molecule has 0 unspecified atom stereocenters. The van der Waals surface area contributed by atoms with E-state index in [1.807, 2.05) is 103 Å². The predicted octanol–water partition coefficient (Wildman–Crippen LogP) is 8.45. The van der Waals surface area contributed by atoms with Crippen molar-refractivity contribution in [2.75, 3.05) is 5.73 Å². The third-order valence-corrected chi connectivity index (χ3v) is 4.87. The third-order valence-electron chi connectivity index (χ3n) is 3.88. The van der Waals surface area contributed by atoms with Gasteiger partial charge in [-0.1, -0.05) is 86.5 Å². The molecule has 0 aliphatic carbocycles. The Morgan fingerprint density at radius 3 is 1.67 bits per heavy atom. The number of anilines is 1. The van der Waals surface area contributed by atoms with E-state index in [-0.39, 0.29) is 14.1 Å². The fourth-order valence-electron chi connectivity index (χ4n) is 2.37. The van der Waals surface area contributed by atoms with Gasteiger partial charge in [0.2, 0.25) is 0 Å². The predicted molar refractivity (Wildman–Crippen MR) is 164 cm³/mol. The maximum absolute atomic E-state index is 8.39. The highest BCUT2D eigenvalue weighted by atomic mass is 79.9. The molecular weight excluding hydrogens is 591 g/mol. The van der Waals surface area contributed by atoms with Gasteiger partial charge in [0, 0.05) is 20.2 Å². The number of hydrogen-bond acceptors (Lipinski definition) is 3. The van der Waals surface area contributed by atoms with Crippen LogP contribution in [-0.2, 0) is 0 Å². The van der Waals surface area contributed by atoms with E-state index < -0.39 is 0 Å². The molecule has 184 valence electrons. The lowest BCUT2D eigenvalue weighted by atomic mass is 10.2. The average molecular weight is 622 g/mol. The van der Waals surface area contributed by atoms with Crippen LogP contribution in [0.1, 0.15) is 11.1 Å². The Bertz CT molecular complexity index is 1220. The highest BCUT2D eigenvalue weighted by molar-refractivity contribution is 9.10. The number of benzene rings is 4. The van der Waals surface area contributed by atoms with Gasteiger partial charge in [-0.05, 0) is 54.6 Å². The van der Waals surface area contributed by atoms with E-state index in [9.17, 15) is 0 Å². The van der Waals surface area contributed by atoms with Crippen LogP contribution < -0.4 is 11.5 Å². The molecule has 4 N–H and O–H groups in total. The lowest BCUT2D eigenvalue weighted by Gasteiger charge is -2.01. The number of halogens is 2. The van der Waals surface area contributed by atoms with Crippen LogP contribution in [0.2, 0.25) is 17.4 Å². The molecule has 0 bridgehead atoms. The first-order valence-electron chi connectivity index (χ1n) is 11.3. The Balaban J connectivity index is 0.000000273. The summed E-state index contributed by atoms with van der Waals surface area (Å²) in [5, 5.41) is 8.39. The van der Waals surface area contributed by atoms with E-state index in [4.69, 9.17) is 16.7 Å². The molecule has 0 saturated carbocycles. The monoisotopic (exact) mass is 620 g/mol. The van der Waals surface area contributed by atoms with Gasteiger partial charge in [0.15, 0.2) is 0 Å². The number of nitrogens with zero attached hydrogens (tertiary/aromatic N) is 2. The van der Waals surface area contributed by atoms with Crippen molar-refractivity contribution in [3.05, 3.63) is 129 Å². The zero-order chi connectivity index (χ0) is 26.8. The van der Waals surface area contributed by atoms with Crippen LogP contribution in [0.3, 0.4) is 0 Å². The Labute approximate surface area is 236 Å². The Morgan fingerprint density at radius 1 is 0.750 bits per heavy atom. The summed E-state index contributed by atoms with van der Waals surface area (Å²) in [5.74, 6) is 7.44. The van der Waals surface area contributed by atoms with E-state index in [1.165, 1.54) is 0 Å². The average Bonchev–Trinajstić information content (AvgIpc) is 2.85. The van der Waals surface area contributed by atoms with Gasteiger partial charge < -0.3 is 11.5 Å². The lowest BCUT2D eigenvalue weighted by molar-refractivity contribution is 1.45. The molecule has 0 aliphatic heterocycles. The highest BCUT2D eigenvalue weighted by Crippen LogP contribution is 2.15. The fourth-order valence-corrected chi connectivity index (χ4v) is 3.16. The lowest BCUT2D eigenvalue weighted by Crippen LogP contribution is -2.12. The molecule has 0 amide bonds. The van der Waals surface area contributed by atoms with Crippen molar-refractivity contribution in [2.24, 2.45) is 10.7 Å². The topological polar surface area (TPSA) is 88.2 Å². The van der Waals surface area contributed by atoms with Crippen molar-refractivity contribution >= 4 is 63.2 Å². The second-order valence-electron chi connectivity index (χ2n) is 8.11. The molecule has 36 heavy (non-hydrogen) atoms. The Hall–Kier alpha value is -2.87. The molecule has 0 aromatic heterocycles. The number of nitriles is 1. The zero-order valence-electron chi connectivity index (χ0n) is 20.8. The summed E-state index contributed by atoms with van der Waals surface area (Å²) in [6, 6.07) is 36.2. The van der Waals surface area contributed by atoms with Crippen molar-refractivity contribution in [3.8, 4) is 6.07 Å². The maximum atomic E-state index is 8.39. The maximum Gasteiger partial charge on any atom is 0.251 e. The summed E-state index contributed by atoms with van der Waals surface area (Å²) >= 11 is 6.52. The number of para-hydroxylation sites is 2. The van der Waals surface area contributed by atoms with Crippen LogP contribution in [0.5, 0.6) is 0 Å². The number of amidine groups is 1. The first kappa shape index (κ1) is 31.2. The second kappa shape index (κ2) is 18.4. The molecule has 4 nitrogen and oxygen atoms in total. The number of rotatable bonds is 2. The van der Waals surface area contributed by atoms with Crippen LogP contribution in [0, 0.1) is 11.3 Å². The summed E-state index contributed by atoms with van der Waals surface area (Å²) in [4.78, 5) is 4.34. The van der Waals surface area contributed by atoms with Crippen LogP contribution in [0.15, 0.2) is 123 Å². The molecular formula is C29H31AlBr2N4. The SMILES string of the molecule is N#Cc1cccc(Br)c1.NC(=Nc1ccccc1)c1cccc(Br)c1.Nc1ccccc1.[CH3][Al]([CH3])[CH3]. The molecule has 7 heteroatoms. The van der Waals surface area contributed by atoms with Crippen LogP contribution in [0.4, 0.5) is 11.4 Å². The van der Waals surface area contributed by atoms with Gasteiger partial charge in [0.05, 0.1) is 17.3 Å². The van der Waals surface area contributed by atoms with Gasteiger partial charge in [-0.25, -0.2) is 4.99 Å². The van der Waals surface area contributed by atoms with Crippen LogP contribution in [0.25, 0.3) is 0 Å².